The van der Waals surface area contributed by atoms with Crippen molar-refractivity contribution in [2.75, 3.05) is 38.4 Å². The highest BCUT2D eigenvalue weighted by atomic mass is 35.5. The SMILES string of the molecule is COc1ccc(NC(=O)CNc2ccc(Cl)c(C(F)(F)F)c2)cc1S(=O)(=O)N(C)C. The fourth-order valence-corrected chi connectivity index (χ4v) is 3.69. The molecule has 2 aromatic rings. The fourth-order valence-electron chi connectivity index (χ4n) is 2.39. The number of anilines is 2. The Bertz CT molecular complexity index is 1040. The normalized spacial score (nSPS) is 12.0. The van der Waals surface area contributed by atoms with Crippen molar-refractivity contribution in [3.63, 3.8) is 0 Å². The van der Waals surface area contributed by atoms with Gasteiger partial charge in [0, 0.05) is 25.5 Å². The molecule has 0 aliphatic heterocycles. The van der Waals surface area contributed by atoms with Gasteiger partial charge >= 0.3 is 6.18 Å². The van der Waals surface area contributed by atoms with Crippen molar-refractivity contribution in [1.82, 2.24) is 4.31 Å². The van der Waals surface area contributed by atoms with Gasteiger partial charge in [0.05, 0.1) is 24.2 Å². The minimum atomic E-state index is -4.63. The number of nitrogens with one attached hydrogen (secondary N) is 2. The second-order valence-electron chi connectivity index (χ2n) is 6.25. The summed E-state index contributed by atoms with van der Waals surface area (Å²) in [6.07, 6.45) is -4.63. The van der Waals surface area contributed by atoms with Crippen LogP contribution in [-0.4, -0.2) is 46.4 Å². The summed E-state index contributed by atoms with van der Waals surface area (Å²) >= 11 is 5.56. The predicted octanol–water partition coefficient (Wildman–Crippen LogP) is 3.67. The number of rotatable bonds is 7. The van der Waals surface area contributed by atoms with Gasteiger partial charge in [-0.25, -0.2) is 12.7 Å². The van der Waals surface area contributed by atoms with Gasteiger partial charge in [0.2, 0.25) is 15.9 Å². The second kappa shape index (κ2) is 9.11. The Morgan fingerprint density at radius 3 is 2.33 bits per heavy atom. The molecular weight excluding hydrogens is 447 g/mol. The third kappa shape index (κ3) is 5.55. The van der Waals surface area contributed by atoms with Crippen LogP contribution in [-0.2, 0) is 21.0 Å². The summed E-state index contributed by atoms with van der Waals surface area (Å²) in [7, 11) is 0.184. The van der Waals surface area contributed by atoms with Gasteiger partial charge in [0.25, 0.3) is 0 Å². The first kappa shape index (κ1) is 23.8. The number of carbonyl (C=O) groups is 1. The van der Waals surface area contributed by atoms with Crippen LogP contribution in [0.4, 0.5) is 24.5 Å². The van der Waals surface area contributed by atoms with Crippen molar-refractivity contribution in [2.45, 2.75) is 11.1 Å². The van der Waals surface area contributed by atoms with E-state index in [2.05, 4.69) is 10.6 Å². The van der Waals surface area contributed by atoms with Crippen LogP contribution < -0.4 is 15.4 Å². The molecule has 2 N–H and O–H groups in total. The van der Waals surface area contributed by atoms with E-state index in [1.54, 1.807) is 0 Å². The monoisotopic (exact) mass is 465 g/mol. The Kier molecular flexibility index (Phi) is 7.22. The second-order valence-corrected chi connectivity index (χ2v) is 8.77. The van der Waals surface area contributed by atoms with Gasteiger partial charge < -0.3 is 15.4 Å². The van der Waals surface area contributed by atoms with Crippen molar-refractivity contribution in [2.24, 2.45) is 0 Å². The van der Waals surface area contributed by atoms with Crippen LogP contribution in [0, 0.1) is 0 Å². The molecule has 2 rings (SSSR count). The minimum Gasteiger partial charge on any atom is -0.495 e. The van der Waals surface area contributed by atoms with Crippen LogP contribution in [0.1, 0.15) is 5.56 Å². The number of carbonyl (C=O) groups excluding carboxylic acids is 1. The molecule has 30 heavy (non-hydrogen) atoms. The number of methoxy groups -OCH3 is 1. The van der Waals surface area contributed by atoms with E-state index in [0.717, 1.165) is 16.4 Å². The van der Waals surface area contributed by atoms with Crippen molar-refractivity contribution in [3.8, 4) is 5.75 Å². The average molecular weight is 466 g/mol. The summed E-state index contributed by atoms with van der Waals surface area (Å²) in [5.74, 6) is -0.502. The van der Waals surface area contributed by atoms with E-state index in [-0.39, 0.29) is 28.6 Å². The van der Waals surface area contributed by atoms with E-state index in [0.29, 0.717) is 0 Å². The number of ether oxygens (including phenoxy) is 1. The van der Waals surface area contributed by atoms with Crippen molar-refractivity contribution < 1.29 is 31.1 Å². The van der Waals surface area contributed by atoms with E-state index < -0.39 is 32.7 Å². The summed E-state index contributed by atoms with van der Waals surface area (Å²) in [5.41, 5.74) is -0.800. The molecule has 0 saturated heterocycles. The summed E-state index contributed by atoms with van der Waals surface area (Å²) < 4.78 is 69.6. The topological polar surface area (TPSA) is 87.7 Å². The Morgan fingerprint density at radius 1 is 1.13 bits per heavy atom. The molecule has 0 unspecified atom stereocenters. The molecule has 0 aromatic heterocycles. The maximum Gasteiger partial charge on any atom is 0.417 e. The third-order valence-electron chi connectivity index (χ3n) is 3.93. The van der Waals surface area contributed by atoms with Crippen LogP contribution in [0.25, 0.3) is 0 Å². The van der Waals surface area contributed by atoms with Gasteiger partial charge in [0.15, 0.2) is 0 Å². The maximum absolute atomic E-state index is 12.9. The Labute approximate surface area is 176 Å². The fraction of sp³-hybridized carbons (Fsp3) is 0.278. The standard InChI is InChI=1S/C18H19ClF3N3O4S/c1-25(2)30(27,28)16-9-12(5-7-15(16)29-3)24-17(26)10-23-11-4-6-14(19)13(8-11)18(20,21)22/h4-9,23H,10H2,1-3H3,(H,24,26). The number of alkyl halides is 3. The van der Waals surface area contributed by atoms with Crippen molar-refractivity contribution in [1.29, 1.82) is 0 Å². The number of sulfonamides is 1. The van der Waals surface area contributed by atoms with Crippen LogP contribution >= 0.6 is 11.6 Å². The molecule has 0 radical (unpaired) electrons. The molecule has 0 saturated carbocycles. The Morgan fingerprint density at radius 2 is 1.77 bits per heavy atom. The zero-order chi connectivity index (χ0) is 22.7. The smallest absolute Gasteiger partial charge is 0.417 e. The quantitative estimate of drug-likeness (QED) is 0.651. The number of benzene rings is 2. The zero-order valence-electron chi connectivity index (χ0n) is 16.2. The lowest BCUT2D eigenvalue weighted by molar-refractivity contribution is -0.137. The molecule has 0 spiro atoms. The first-order chi connectivity index (χ1) is 13.9. The van der Waals surface area contributed by atoms with E-state index in [4.69, 9.17) is 16.3 Å². The van der Waals surface area contributed by atoms with Crippen LogP contribution in [0.15, 0.2) is 41.3 Å². The summed E-state index contributed by atoms with van der Waals surface area (Å²) in [5, 5.41) is 4.60. The highest BCUT2D eigenvalue weighted by Crippen LogP contribution is 2.36. The minimum absolute atomic E-state index is 0.0486. The number of hydrogen-bond acceptors (Lipinski definition) is 5. The number of amides is 1. The van der Waals surface area contributed by atoms with Gasteiger partial charge in [-0.05, 0) is 36.4 Å². The largest absolute Gasteiger partial charge is 0.495 e. The zero-order valence-corrected chi connectivity index (χ0v) is 17.7. The first-order valence-electron chi connectivity index (χ1n) is 8.37. The van der Waals surface area contributed by atoms with Gasteiger partial charge in [0.1, 0.15) is 10.6 Å². The summed E-state index contributed by atoms with van der Waals surface area (Å²) in [6.45, 7) is -0.360. The lowest BCUT2D eigenvalue weighted by atomic mass is 10.2. The Hall–Kier alpha value is -2.50. The van der Waals surface area contributed by atoms with Gasteiger partial charge in [-0.1, -0.05) is 11.6 Å². The molecule has 0 fully saturated rings. The molecule has 0 aliphatic carbocycles. The highest BCUT2D eigenvalue weighted by Gasteiger charge is 2.33. The lowest BCUT2D eigenvalue weighted by Gasteiger charge is -2.16. The summed E-state index contributed by atoms with van der Waals surface area (Å²) in [4.78, 5) is 12.0. The van der Waals surface area contributed by atoms with Crippen LogP contribution in [0.2, 0.25) is 5.02 Å². The molecule has 12 heteroatoms. The third-order valence-corrected chi connectivity index (χ3v) is 6.10. The van der Waals surface area contributed by atoms with E-state index in [1.807, 2.05) is 0 Å². The molecule has 0 heterocycles. The number of halogens is 4. The number of hydrogen-bond donors (Lipinski definition) is 2. The van der Waals surface area contributed by atoms with Crippen molar-refractivity contribution >= 4 is 38.9 Å². The van der Waals surface area contributed by atoms with Crippen LogP contribution in [0.3, 0.4) is 0 Å². The summed E-state index contributed by atoms with van der Waals surface area (Å²) in [6, 6.07) is 7.23. The predicted molar refractivity (Wildman–Crippen MR) is 107 cm³/mol. The van der Waals surface area contributed by atoms with E-state index >= 15 is 0 Å². The average Bonchev–Trinajstić information content (AvgIpc) is 2.66. The van der Waals surface area contributed by atoms with Crippen molar-refractivity contribution in [3.05, 3.63) is 47.0 Å². The number of nitrogens with zero attached hydrogens (tertiary/aromatic N) is 1. The molecule has 164 valence electrons. The molecule has 0 atom stereocenters. The molecule has 1 amide bonds. The van der Waals surface area contributed by atoms with E-state index in [9.17, 15) is 26.4 Å². The van der Waals surface area contributed by atoms with E-state index in [1.165, 1.54) is 45.5 Å². The molecular formula is C18H19ClF3N3O4S. The van der Waals surface area contributed by atoms with Gasteiger partial charge in [-0.2, -0.15) is 13.2 Å². The molecule has 0 bridgehead atoms. The Balaban J connectivity index is 2.14. The van der Waals surface area contributed by atoms with Crippen LogP contribution in [0.5, 0.6) is 5.75 Å². The highest BCUT2D eigenvalue weighted by molar-refractivity contribution is 7.89. The lowest BCUT2D eigenvalue weighted by Crippen LogP contribution is -2.24. The maximum atomic E-state index is 12.9. The molecule has 7 nitrogen and oxygen atoms in total. The molecule has 0 aliphatic rings. The van der Waals surface area contributed by atoms with Gasteiger partial charge in [-0.3, -0.25) is 4.79 Å². The van der Waals surface area contributed by atoms with Gasteiger partial charge in [-0.15, -0.1) is 0 Å². The first-order valence-corrected chi connectivity index (χ1v) is 10.2. The molecule has 2 aromatic carbocycles.